The maximum Gasteiger partial charge on any atom is 0.265 e. The van der Waals surface area contributed by atoms with Crippen LogP contribution in [0.2, 0.25) is 0 Å². The van der Waals surface area contributed by atoms with Crippen molar-refractivity contribution in [2.45, 2.75) is 6.92 Å². The van der Waals surface area contributed by atoms with Crippen LogP contribution in [0.15, 0.2) is 29.6 Å². The molecule has 18 heavy (non-hydrogen) atoms. The molecule has 5 heteroatoms. The molecule has 1 amide bonds. The first-order chi connectivity index (χ1) is 8.61. The molecule has 1 heterocycles. The lowest BCUT2D eigenvalue weighted by molar-refractivity contribution is 0.103. The predicted molar refractivity (Wildman–Crippen MR) is 82.7 cm³/mol. The van der Waals surface area contributed by atoms with Crippen LogP contribution in [0.3, 0.4) is 0 Å². The van der Waals surface area contributed by atoms with Gasteiger partial charge in [0.1, 0.15) is 5.75 Å². The van der Waals surface area contributed by atoms with Crippen molar-refractivity contribution in [3.05, 3.63) is 43.7 Å². The third kappa shape index (κ3) is 2.84. The minimum Gasteiger partial charge on any atom is -0.496 e. The first-order valence-electron chi connectivity index (χ1n) is 5.31. The summed E-state index contributed by atoms with van der Waals surface area (Å²) in [4.78, 5) is 12.7. The molecule has 0 spiro atoms. The van der Waals surface area contributed by atoms with Gasteiger partial charge in [-0.3, -0.25) is 4.79 Å². The van der Waals surface area contributed by atoms with Crippen LogP contribution in [0.5, 0.6) is 5.75 Å². The van der Waals surface area contributed by atoms with Crippen molar-refractivity contribution < 1.29 is 9.53 Å². The van der Waals surface area contributed by atoms with E-state index < -0.39 is 0 Å². The zero-order valence-corrected chi connectivity index (χ0v) is 13.0. The second kappa shape index (κ2) is 5.71. The number of ether oxygens (including phenoxy) is 1. The number of nitrogens with one attached hydrogen (secondary N) is 1. The summed E-state index contributed by atoms with van der Waals surface area (Å²) >= 11 is 3.63. The van der Waals surface area contributed by atoms with Crippen molar-refractivity contribution in [1.82, 2.24) is 0 Å². The number of thiophene rings is 1. The largest absolute Gasteiger partial charge is 0.496 e. The lowest BCUT2D eigenvalue weighted by Crippen LogP contribution is -2.11. The fourth-order valence-electron chi connectivity index (χ4n) is 1.47. The van der Waals surface area contributed by atoms with Crippen LogP contribution in [0.25, 0.3) is 0 Å². The molecule has 3 nitrogen and oxygen atoms in total. The molecule has 0 atom stereocenters. The molecule has 0 bridgehead atoms. The summed E-state index contributed by atoms with van der Waals surface area (Å²) in [5.41, 5.74) is 1.93. The molecule has 2 aromatic rings. The zero-order valence-electron chi connectivity index (χ0n) is 9.99. The van der Waals surface area contributed by atoms with Crippen LogP contribution in [0, 0.1) is 10.5 Å². The van der Waals surface area contributed by atoms with Gasteiger partial charge < -0.3 is 10.1 Å². The lowest BCUT2D eigenvalue weighted by atomic mass is 10.2. The molecule has 1 aromatic heterocycles. The second-order valence-corrected chi connectivity index (χ2v) is 5.79. The zero-order chi connectivity index (χ0) is 13.1. The van der Waals surface area contributed by atoms with E-state index in [9.17, 15) is 4.79 Å². The van der Waals surface area contributed by atoms with Crippen LogP contribution in [0.1, 0.15) is 15.2 Å². The standard InChI is InChI=1S/C13H12INO2S/c1-8-10(14)4-3-5-11(8)15-13(16)12-6-9(17-2)7-18-12/h3-7H,1-2H3,(H,15,16). The van der Waals surface area contributed by atoms with E-state index in [1.807, 2.05) is 30.5 Å². The molecule has 0 aliphatic carbocycles. The number of methoxy groups -OCH3 is 1. The molecule has 0 radical (unpaired) electrons. The van der Waals surface area contributed by atoms with E-state index in [4.69, 9.17) is 4.74 Å². The average molecular weight is 373 g/mol. The van der Waals surface area contributed by atoms with Gasteiger partial charge in [-0.05, 0) is 47.2 Å². The highest BCUT2D eigenvalue weighted by atomic mass is 127. The molecule has 94 valence electrons. The Kier molecular flexibility index (Phi) is 4.23. The molecule has 0 unspecified atom stereocenters. The van der Waals surface area contributed by atoms with E-state index in [0.717, 1.165) is 14.8 Å². The first kappa shape index (κ1) is 13.4. The summed E-state index contributed by atoms with van der Waals surface area (Å²) in [6.45, 7) is 1.99. The number of halogens is 1. The number of hydrogen-bond donors (Lipinski definition) is 1. The highest BCUT2D eigenvalue weighted by molar-refractivity contribution is 14.1. The fraction of sp³-hybridized carbons (Fsp3) is 0.154. The van der Waals surface area contributed by atoms with Gasteiger partial charge in [0.25, 0.3) is 5.91 Å². The molecule has 1 aromatic carbocycles. The van der Waals surface area contributed by atoms with Gasteiger partial charge in [0.15, 0.2) is 0 Å². The minimum absolute atomic E-state index is 0.103. The number of anilines is 1. The average Bonchev–Trinajstić information content (AvgIpc) is 2.83. The monoisotopic (exact) mass is 373 g/mol. The van der Waals surface area contributed by atoms with E-state index in [-0.39, 0.29) is 5.91 Å². The molecular weight excluding hydrogens is 361 g/mol. The van der Waals surface area contributed by atoms with E-state index in [0.29, 0.717) is 10.6 Å². The number of carbonyl (C=O) groups excluding carboxylic acids is 1. The Hall–Kier alpha value is -1.08. The molecular formula is C13H12INO2S. The number of carbonyl (C=O) groups is 1. The summed E-state index contributed by atoms with van der Waals surface area (Å²) in [7, 11) is 1.59. The Bertz CT molecular complexity index is 580. The second-order valence-electron chi connectivity index (χ2n) is 3.72. The van der Waals surface area contributed by atoms with E-state index >= 15 is 0 Å². The Morgan fingerprint density at radius 2 is 2.22 bits per heavy atom. The van der Waals surface area contributed by atoms with Crippen molar-refractivity contribution >= 4 is 45.5 Å². The summed E-state index contributed by atoms with van der Waals surface area (Å²) in [5.74, 6) is 0.609. The van der Waals surface area contributed by atoms with E-state index in [1.165, 1.54) is 11.3 Å². The van der Waals surface area contributed by atoms with Gasteiger partial charge >= 0.3 is 0 Å². The Balaban J connectivity index is 2.18. The van der Waals surface area contributed by atoms with Gasteiger partial charge in [0.2, 0.25) is 0 Å². The van der Waals surface area contributed by atoms with E-state index in [2.05, 4.69) is 27.9 Å². The fourth-order valence-corrected chi connectivity index (χ4v) is 2.72. The molecule has 0 saturated carbocycles. The topological polar surface area (TPSA) is 38.3 Å². The molecule has 0 saturated heterocycles. The third-order valence-corrected chi connectivity index (χ3v) is 4.63. The third-order valence-electron chi connectivity index (χ3n) is 2.55. The van der Waals surface area contributed by atoms with Gasteiger partial charge in [-0.15, -0.1) is 11.3 Å². The van der Waals surface area contributed by atoms with Gasteiger partial charge in [-0.1, -0.05) is 6.07 Å². The van der Waals surface area contributed by atoms with Crippen LogP contribution in [-0.4, -0.2) is 13.0 Å². The van der Waals surface area contributed by atoms with Crippen molar-refractivity contribution in [3.63, 3.8) is 0 Å². The Labute approximate surface area is 123 Å². The predicted octanol–water partition coefficient (Wildman–Crippen LogP) is 3.92. The van der Waals surface area contributed by atoms with Crippen molar-refractivity contribution in [2.24, 2.45) is 0 Å². The summed E-state index contributed by atoms with van der Waals surface area (Å²) in [6.07, 6.45) is 0. The normalized spacial score (nSPS) is 10.2. The van der Waals surface area contributed by atoms with Gasteiger partial charge in [-0.2, -0.15) is 0 Å². The van der Waals surface area contributed by atoms with Crippen molar-refractivity contribution in [3.8, 4) is 5.75 Å². The van der Waals surface area contributed by atoms with Crippen LogP contribution < -0.4 is 10.1 Å². The maximum atomic E-state index is 12.0. The number of hydrogen-bond acceptors (Lipinski definition) is 3. The van der Waals surface area contributed by atoms with Crippen molar-refractivity contribution in [1.29, 1.82) is 0 Å². The van der Waals surface area contributed by atoms with Crippen LogP contribution in [-0.2, 0) is 0 Å². The number of benzene rings is 1. The molecule has 0 aliphatic rings. The first-order valence-corrected chi connectivity index (χ1v) is 7.26. The SMILES string of the molecule is COc1csc(C(=O)Nc2cccc(I)c2C)c1. The summed E-state index contributed by atoms with van der Waals surface area (Å²) < 4.78 is 6.20. The van der Waals surface area contributed by atoms with Gasteiger partial charge in [0.05, 0.1) is 12.0 Å². The summed E-state index contributed by atoms with van der Waals surface area (Å²) in [6, 6.07) is 7.59. The van der Waals surface area contributed by atoms with Crippen LogP contribution >= 0.6 is 33.9 Å². The Morgan fingerprint density at radius 3 is 2.89 bits per heavy atom. The molecule has 0 fully saturated rings. The smallest absolute Gasteiger partial charge is 0.265 e. The lowest BCUT2D eigenvalue weighted by Gasteiger charge is -2.08. The minimum atomic E-state index is -0.103. The molecule has 1 N–H and O–H groups in total. The highest BCUT2D eigenvalue weighted by Crippen LogP contribution is 2.24. The number of amides is 1. The number of rotatable bonds is 3. The molecule has 2 rings (SSSR count). The van der Waals surface area contributed by atoms with E-state index in [1.54, 1.807) is 13.2 Å². The Morgan fingerprint density at radius 1 is 1.44 bits per heavy atom. The highest BCUT2D eigenvalue weighted by Gasteiger charge is 2.11. The maximum absolute atomic E-state index is 12.0. The van der Waals surface area contributed by atoms with Crippen LogP contribution in [0.4, 0.5) is 5.69 Å². The van der Waals surface area contributed by atoms with Crippen molar-refractivity contribution in [2.75, 3.05) is 12.4 Å². The molecule has 0 aliphatic heterocycles. The summed E-state index contributed by atoms with van der Waals surface area (Å²) in [5, 5.41) is 4.73. The van der Waals surface area contributed by atoms with Gasteiger partial charge in [-0.25, -0.2) is 0 Å². The van der Waals surface area contributed by atoms with Gasteiger partial charge in [0, 0.05) is 20.7 Å². The quantitative estimate of drug-likeness (QED) is 0.829.